The van der Waals surface area contributed by atoms with E-state index in [-0.39, 0.29) is 0 Å². The van der Waals surface area contributed by atoms with Crippen LogP contribution < -0.4 is 5.32 Å². The Morgan fingerprint density at radius 3 is 2.76 bits per heavy atom. The van der Waals surface area contributed by atoms with Gasteiger partial charge in [-0.05, 0) is 36.9 Å². The second-order valence-corrected chi connectivity index (χ2v) is 4.41. The standard InChI is InChI=1S/C15H19NO/c1-3-5-11-9-12-7-8-16-10-14(12)15(17)13(11)6-4-2/h3-4,9,16-17H,1-2,5-8,10H2. The molecule has 2 heteroatoms. The number of hydrogen-bond acceptors (Lipinski definition) is 2. The fourth-order valence-electron chi connectivity index (χ4n) is 2.44. The van der Waals surface area contributed by atoms with E-state index in [1.54, 1.807) is 0 Å². The largest absolute Gasteiger partial charge is 0.507 e. The van der Waals surface area contributed by atoms with E-state index in [2.05, 4.69) is 24.5 Å². The van der Waals surface area contributed by atoms with E-state index in [0.717, 1.165) is 37.1 Å². The summed E-state index contributed by atoms with van der Waals surface area (Å²) < 4.78 is 0. The molecule has 0 aromatic heterocycles. The molecule has 1 aliphatic heterocycles. The highest BCUT2D eigenvalue weighted by Crippen LogP contribution is 2.32. The Bertz CT molecular complexity index is 449. The maximum Gasteiger partial charge on any atom is 0.124 e. The Balaban J connectivity index is 2.53. The molecule has 0 amide bonds. The quantitative estimate of drug-likeness (QED) is 0.777. The van der Waals surface area contributed by atoms with Crippen LogP contribution in [0.15, 0.2) is 31.4 Å². The van der Waals surface area contributed by atoms with Gasteiger partial charge in [0.15, 0.2) is 0 Å². The highest BCUT2D eigenvalue weighted by molar-refractivity contribution is 5.52. The first-order valence-corrected chi connectivity index (χ1v) is 6.06. The minimum atomic E-state index is 0.450. The zero-order valence-electron chi connectivity index (χ0n) is 10.1. The number of rotatable bonds is 4. The summed E-state index contributed by atoms with van der Waals surface area (Å²) in [7, 11) is 0. The molecular weight excluding hydrogens is 210 g/mol. The van der Waals surface area contributed by atoms with Crippen molar-refractivity contribution in [2.24, 2.45) is 0 Å². The molecule has 1 aromatic carbocycles. The first kappa shape index (κ1) is 11.9. The number of hydrogen-bond donors (Lipinski definition) is 2. The smallest absolute Gasteiger partial charge is 0.124 e. The molecule has 0 unspecified atom stereocenters. The Labute approximate surface area is 103 Å². The second kappa shape index (κ2) is 5.19. The summed E-state index contributed by atoms with van der Waals surface area (Å²) in [5.74, 6) is 0.450. The molecule has 0 fully saturated rings. The van der Waals surface area contributed by atoms with Gasteiger partial charge in [-0.1, -0.05) is 18.2 Å². The van der Waals surface area contributed by atoms with Crippen LogP contribution in [0.1, 0.15) is 22.3 Å². The van der Waals surface area contributed by atoms with Crippen molar-refractivity contribution in [1.82, 2.24) is 5.32 Å². The predicted molar refractivity (Wildman–Crippen MR) is 71.3 cm³/mol. The van der Waals surface area contributed by atoms with Gasteiger partial charge in [0.05, 0.1) is 0 Å². The molecule has 0 saturated carbocycles. The van der Waals surface area contributed by atoms with Gasteiger partial charge in [-0.25, -0.2) is 0 Å². The van der Waals surface area contributed by atoms with Crippen molar-refractivity contribution >= 4 is 0 Å². The van der Waals surface area contributed by atoms with E-state index in [1.165, 1.54) is 11.1 Å². The second-order valence-electron chi connectivity index (χ2n) is 4.41. The monoisotopic (exact) mass is 229 g/mol. The van der Waals surface area contributed by atoms with Crippen LogP contribution in [0.5, 0.6) is 5.75 Å². The zero-order valence-corrected chi connectivity index (χ0v) is 10.1. The van der Waals surface area contributed by atoms with Gasteiger partial charge in [0, 0.05) is 17.7 Å². The number of benzene rings is 1. The molecule has 2 N–H and O–H groups in total. The van der Waals surface area contributed by atoms with Gasteiger partial charge in [0.1, 0.15) is 5.75 Å². The van der Waals surface area contributed by atoms with E-state index in [9.17, 15) is 5.11 Å². The number of fused-ring (bicyclic) bond motifs is 1. The highest BCUT2D eigenvalue weighted by Gasteiger charge is 2.18. The number of nitrogens with one attached hydrogen (secondary N) is 1. The fraction of sp³-hybridized carbons (Fsp3) is 0.333. The Morgan fingerprint density at radius 1 is 1.29 bits per heavy atom. The third-order valence-electron chi connectivity index (χ3n) is 3.28. The van der Waals surface area contributed by atoms with E-state index >= 15 is 0 Å². The van der Waals surface area contributed by atoms with Crippen LogP contribution in [-0.4, -0.2) is 11.7 Å². The van der Waals surface area contributed by atoms with Crippen molar-refractivity contribution in [3.63, 3.8) is 0 Å². The summed E-state index contributed by atoms with van der Waals surface area (Å²) in [5.41, 5.74) is 4.51. The lowest BCUT2D eigenvalue weighted by atomic mass is 9.90. The van der Waals surface area contributed by atoms with Gasteiger partial charge in [-0.2, -0.15) is 0 Å². The fourth-order valence-corrected chi connectivity index (χ4v) is 2.44. The van der Waals surface area contributed by atoms with Gasteiger partial charge < -0.3 is 10.4 Å². The normalized spacial score (nSPS) is 14.1. The van der Waals surface area contributed by atoms with E-state index in [1.807, 2.05) is 12.2 Å². The lowest BCUT2D eigenvalue weighted by molar-refractivity contribution is 0.452. The average molecular weight is 229 g/mol. The van der Waals surface area contributed by atoms with Crippen molar-refractivity contribution in [3.8, 4) is 5.75 Å². The third-order valence-corrected chi connectivity index (χ3v) is 3.28. The maximum atomic E-state index is 10.4. The molecule has 1 aliphatic rings. The predicted octanol–water partition coefficient (Wildman–Crippen LogP) is 2.49. The van der Waals surface area contributed by atoms with E-state index in [4.69, 9.17) is 0 Å². The molecule has 17 heavy (non-hydrogen) atoms. The summed E-state index contributed by atoms with van der Waals surface area (Å²) >= 11 is 0. The topological polar surface area (TPSA) is 32.3 Å². The summed E-state index contributed by atoms with van der Waals surface area (Å²) in [5, 5.41) is 13.6. The molecule has 0 bridgehead atoms. The maximum absolute atomic E-state index is 10.4. The molecule has 0 atom stereocenters. The Hall–Kier alpha value is -1.54. The van der Waals surface area contributed by atoms with E-state index in [0.29, 0.717) is 12.2 Å². The van der Waals surface area contributed by atoms with Crippen molar-refractivity contribution in [2.75, 3.05) is 6.54 Å². The minimum Gasteiger partial charge on any atom is -0.507 e. The molecule has 90 valence electrons. The average Bonchev–Trinajstić information content (AvgIpc) is 2.34. The van der Waals surface area contributed by atoms with Crippen LogP contribution in [0, 0.1) is 0 Å². The molecule has 2 nitrogen and oxygen atoms in total. The van der Waals surface area contributed by atoms with Gasteiger partial charge in [0.2, 0.25) is 0 Å². The van der Waals surface area contributed by atoms with Crippen LogP contribution in [0.25, 0.3) is 0 Å². The lowest BCUT2D eigenvalue weighted by Gasteiger charge is -2.22. The highest BCUT2D eigenvalue weighted by atomic mass is 16.3. The van der Waals surface area contributed by atoms with Crippen molar-refractivity contribution < 1.29 is 5.11 Å². The molecule has 2 rings (SSSR count). The molecule has 0 radical (unpaired) electrons. The number of phenols is 1. The van der Waals surface area contributed by atoms with Crippen molar-refractivity contribution in [2.45, 2.75) is 25.8 Å². The van der Waals surface area contributed by atoms with Gasteiger partial charge >= 0.3 is 0 Å². The summed E-state index contributed by atoms with van der Waals surface area (Å²) in [6.07, 6.45) is 6.22. The Morgan fingerprint density at radius 2 is 2.06 bits per heavy atom. The minimum absolute atomic E-state index is 0.450. The number of allylic oxidation sites excluding steroid dienone is 2. The van der Waals surface area contributed by atoms with Gasteiger partial charge in [-0.15, -0.1) is 13.2 Å². The number of aromatic hydroxyl groups is 1. The number of phenolic OH excluding ortho intramolecular Hbond substituents is 1. The summed E-state index contributed by atoms with van der Waals surface area (Å²) in [6.45, 7) is 9.29. The first-order chi connectivity index (χ1) is 8.27. The molecule has 0 saturated heterocycles. The third kappa shape index (κ3) is 2.27. The first-order valence-electron chi connectivity index (χ1n) is 6.06. The zero-order chi connectivity index (χ0) is 12.3. The summed E-state index contributed by atoms with van der Waals surface area (Å²) in [6, 6.07) is 2.22. The van der Waals surface area contributed by atoms with Crippen LogP contribution in [0.4, 0.5) is 0 Å². The van der Waals surface area contributed by atoms with Crippen LogP contribution in [0.3, 0.4) is 0 Å². The van der Waals surface area contributed by atoms with Gasteiger partial charge in [0.25, 0.3) is 0 Å². The molecule has 1 aromatic rings. The van der Waals surface area contributed by atoms with Crippen LogP contribution in [0.2, 0.25) is 0 Å². The SMILES string of the molecule is C=CCc1cc2c(c(O)c1CC=C)CNCC2. The summed E-state index contributed by atoms with van der Waals surface area (Å²) in [4.78, 5) is 0. The van der Waals surface area contributed by atoms with Crippen molar-refractivity contribution in [3.05, 3.63) is 53.6 Å². The molecule has 0 spiro atoms. The molecular formula is C15H19NO. The molecule has 0 aliphatic carbocycles. The van der Waals surface area contributed by atoms with Crippen LogP contribution >= 0.6 is 0 Å². The lowest BCUT2D eigenvalue weighted by Crippen LogP contribution is -2.24. The van der Waals surface area contributed by atoms with Crippen LogP contribution in [-0.2, 0) is 25.8 Å². The Kier molecular flexibility index (Phi) is 3.64. The van der Waals surface area contributed by atoms with Crippen molar-refractivity contribution in [1.29, 1.82) is 0 Å². The molecule has 1 heterocycles. The van der Waals surface area contributed by atoms with Gasteiger partial charge in [-0.3, -0.25) is 0 Å². The van der Waals surface area contributed by atoms with E-state index < -0.39 is 0 Å².